The molecule has 86 valence electrons. The third-order valence-electron chi connectivity index (χ3n) is 2.93. The third-order valence-corrected chi connectivity index (χ3v) is 2.93. The predicted molar refractivity (Wildman–Crippen MR) is 58.1 cm³/mol. The van der Waals surface area contributed by atoms with Gasteiger partial charge < -0.3 is 10.1 Å². The summed E-state index contributed by atoms with van der Waals surface area (Å²) in [6.07, 6.45) is 0.365. The van der Waals surface area contributed by atoms with Crippen LogP contribution in [0.1, 0.15) is 23.5 Å². The molecule has 1 N–H and O–H groups in total. The lowest BCUT2D eigenvalue weighted by Crippen LogP contribution is -2.14. The maximum atomic E-state index is 13.9. The number of methoxy groups -OCH3 is 1. The number of carbonyl (C=O) groups excluding carboxylic acids is 1. The molecule has 0 bridgehead atoms. The first-order valence-electron chi connectivity index (χ1n) is 5.22. The molecular weight excluding hydrogens is 209 g/mol. The minimum absolute atomic E-state index is 0.0142. The SMILES string of the molecule is COc1cc(C)c(C2CNC(=O)C2)c(F)c1. The van der Waals surface area contributed by atoms with Crippen molar-refractivity contribution in [1.82, 2.24) is 5.32 Å². The van der Waals surface area contributed by atoms with Crippen LogP contribution in [0.4, 0.5) is 4.39 Å². The van der Waals surface area contributed by atoms with Crippen LogP contribution in [0.3, 0.4) is 0 Å². The van der Waals surface area contributed by atoms with E-state index in [9.17, 15) is 9.18 Å². The van der Waals surface area contributed by atoms with Crippen LogP contribution < -0.4 is 10.1 Å². The number of hydrogen-bond acceptors (Lipinski definition) is 2. The van der Waals surface area contributed by atoms with E-state index in [1.54, 1.807) is 6.07 Å². The minimum atomic E-state index is -0.293. The van der Waals surface area contributed by atoms with Crippen molar-refractivity contribution in [2.45, 2.75) is 19.3 Å². The molecule has 0 aromatic heterocycles. The molecule has 4 heteroatoms. The number of ether oxygens (including phenoxy) is 1. The summed E-state index contributed by atoms with van der Waals surface area (Å²) in [7, 11) is 1.51. The summed E-state index contributed by atoms with van der Waals surface area (Å²) in [5.41, 5.74) is 1.46. The average Bonchev–Trinajstić information content (AvgIpc) is 2.63. The molecule has 3 nitrogen and oxygen atoms in total. The van der Waals surface area contributed by atoms with Crippen molar-refractivity contribution in [3.8, 4) is 5.75 Å². The highest BCUT2D eigenvalue weighted by Gasteiger charge is 2.27. The van der Waals surface area contributed by atoms with Gasteiger partial charge in [0.25, 0.3) is 0 Å². The van der Waals surface area contributed by atoms with Gasteiger partial charge in [0.2, 0.25) is 5.91 Å². The molecular formula is C12H14FNO2. The van der Waals surface area contributed by atoms with Crippen molar-refractivity contribution >= 4 is 5.91 Å². The molecule has 1 aliphatic heterocycles. The van der Waals surface area contributed by atoms with E-state index in [0.29, 0.717) is 24.3 Å². The topological polar surface area (TPSA) is 38.3 Å². The highest BCUT2D eigenvalue weighted by molar-refractivity contribution is 5.79. The van der Waals surface area contributed by atoms with Crippen LogP contribution in [0.25, 0.3) is 0 Å². The lowest BCUT2D eigenvalue weighted by molar-refractivity contribution is -0.119. The largest absolute Gasteiger partial charge is 0.497 e. The van der Waals surface area contributed by atoms with Gasteiger partial charge in [0.05, 0.1) is 7.11 Å². The highest BCUT2D eigenvalue weighted by Crippen LogP contribution is 2.31. The number of nitrogens with one attached hydrogen (secondary N) is 1. The summed E-state index contributed by atoms with van der Waals surface area (Å²) in [6, 6.07) is 3.16. The molecule has 1 aromatic carbocycles. The first-order chi connectivity index (χ1) is 7.61. The monoisotopic (exact) mass is 223 g/mol. The van der Waals surface area contributed by atoms with Gasteiger partial charge in [0.1, 0.15) is 11.6 Å². The molecule has 1 fully saturated rings. The van der Waals surface area contributed by atoms with E-state index in [-0.39, 0.29) is 17.6 Å². The van der Waals surface area contributed by atoms with Gasteiger partial charge in [-0.25, -0.2) is 4.39 Å². The Labute approximate surface area is 93.6 Å². The van der Waals surface area contributed by atoms with Crippen LogP contribution in [-0.2, 0) is 4.79 Å². The molecule has 0 aliphatic carbocycles. The van der Waals surface area contributed by atoms with E-state index in [2.05, 4.69) is 5.32 Å². The molecule has 1 aliphatic rings. The summed E-state index contributed by atoms with van der Waals surface area (Å²) >= 11 is 0. The fourth-order valence-electron chi connectivity index (χ4n) is 2.17. The summed E-state index contributed by atoms with van der Waals surface area (Å²) in [5, 5.41) is 2.71. The van der Waals surface area contributed by atoms with Gasteiger partial charge >= 0.3 is 0 Å². The van der Waals surface area contributed by atoms with Gasteiger partial charge in [-0.15, -0.1) is 0 Å². The molecule has 2 rings (SSSR count). The Balaban J connectivity index is 2.37. The standard InChI is InChI=1S/C12H14FNO2/c1-7-3-9(16-2)5-10(13)12(7)8-4-11(15)14-6-8/h3,5,8H,4,6H2,1-2H3,(H,14,15). The molecule has 1 unspecified atom stereocenters. The molecule has 1 heterocycles. The molecule has 1 amide bonds. The Kier molecular flexibility index (Phi) is 2.81. The third kappa shape index (κ3) is 1.87. The number of rotatable bonds is 2. The van der Waals surface area contributed by atoms with Crippen molar-refractivity contribution in [2.24, 2.45) is 0 Å². The molecule has 0 saturated carbocycles. The van der Waals surface area contributed by atoms with Crippen molar-refractivity contribution < 1.29 is 13.9 Å². The average molecular weight is 223 g/mol. The smallest absolute Gasteiger partial charge is 0.220 e. The van der Waals surface area contributed by atoms with E-state index in [1.807, 2.05) is 6.92 Å². The van der Waals surface area contributed by atoms with E-state index in [0.717, 1.165) is 5.56 Å². The summed E-state index contributed by atoms with van der Waals surface area (Å²) in [5.74, 6) is 0.146. The molecule has 1 saturated heterocycles. The number of hydrogen-bond donors (Lipinski definition) is 1. The second kappa shape index (κ2) is 4.12. The van der Waals surface area contributed by atoms with Crippen LogP contribution in [0.5, 0.6) is 5.75 Å². The van der Waals surface area contributed by atoms with Gasteiger partial charge in [-0.1, -0.05) is 0 Å². The lowest BCUT2D eigenvalue weighted by atomic mass is 9.93. The van der Waals surface area contributed by atoms with Crippen molar-refractivity contribution in [3.63, 3.8) is 0 Å². The van der Waals surface area contributed by atoms with Gasteiger partial charge in [0.15, 0.2) is 0 Å². The van der Waals surface area contributed by atoms with E-state index >= 15 is 0 Å². The van der Waals surface area contributed by atoms with E-state index in [1.165, 1.54) is 13.2 Å². The van der Waals surface area contributed by atoms with Crippen molar-refractivity contribution in [3.05, 3.63) is 29.1 Å². The van der Waals surface area contributed by atoms with Gasteiger partial charge in [-0.05, 0) is 24.1 Å². The van der Waals surface area contributed by atoms with Gasteiger partial charge in [0, 0.05) is 24.9 Å². The second-order valence-corrected chi connectivity index (χ2v) is 4.04. The minimum Gasteiger partial charge on any atom is -0.497 e. The van der Waals surface area contributed by atoms with Crippen LogP contribution in [0.15, 0.2) is 12.1 Å². The highest BCUT2D eigenvalue weighted by atomic mass is 19.1. The van der Waals surface area contributed by atoms with Crippen LogP contribution in [0, 0.1) is 12.7 Å². The van der Waals surface area contributed by atoms with Gasteiger partial charge in [-0.2, -0.15) is 0 Å². The Morgan fingerprint density at radius 2 is 2.25 bits per heavy atom. The Morgan fingerprint density at radius 1 is 1.50 bits per heavy atom. The molecule has 1 atom stereocenters. The molecule has 1 aromatic rings. The number of benzene rings is 1. The van der Waals surface area contributed by atoms with Crippen LogP contribution >= 0.6 is 0 Å². The fraction of sp³-hybridized carbons (Fsp3) is 0.417. The number of halogens is 1. The fourth-order valence-corrected chi connectivity index (χ4v) is 2.17. The Morgan fingerprint density at radius 3 is 2.75 bits per heavy atom. The van der Waals surface area contributed by atoms with Crippen molar-refractivity contribution in [1.29, 1.82) is 0 Å². The molecule has 0 spiro atoms. The first-order valence-corrected chi connectivity index (χ1v) is 5.22. The summed E-state index contributed by atoms with van der Waals surface area (Å²) in [4.78, 5) is 11.1. The maximum Gasteiger partial charge on any atom is 0.220 e. The van der Waals surface area contributed by atoms with E-state index < -0.39 is 0 Å². The zero-order chi connectivity index (χ0) is 11.7. The quantitative estimate of drug-likeness (QED) is 0.829. The summed E-state index contributed by atoms with van der Waals surface area (Å²) in [6.45, 7) is 2.35. The van der Waals surface area contributed by atoms with Crippen molar-refractivity contribution in [2.75, 3.05) is 13.7 Å². The molecule has 16 heavy (non-hydrogen) atoms. The summed E-state index contributed by atoms with van der Waals surface area (Å²) < 4.78 is 18.8. The van der Waals surface area contributed by atoms with Crippen LogP contribution in [0.2, 0.25) is 0 Å². The normalized spacial score (nSPS) is 19.7. The number of amides is 1. The predicted octanol–water partition coefficient (Wildman–Crippen LogP) is 1.75. The number of aryl methyl sites for hydroxylation is 1. The van der Waals surface area contributed by atoms with Crippen LogP contribution in [-0.4, -0.2) is 19.6 Å². The van der Waals surface area contributed by atoms with Gasteiger partial charge in [-0.3, -0.25) is 4.79 Å². The maximum absolute atomic E-state index is 13.9. The Hall–Kier alpha value is -1.58. The number of carbonyl (C=O) groups is 1. The lowest BCUT2D eigenvalue weighted by Gasteiger charge is -2.14. The first kappa shape index (κ1) is 10.9. The second-order valence-electron chi connectivity index (χ2n) is 4.04. The van der Waals surface area contributed by atoms with E-state index in [4.69, 9.17) is 4.74 Å². The zero-order valence-electron chi connectivity index (χ0n) is 9.34. The Bertz CT molecular complexity index is 408. The zero-order valence-corrected chi connectivity index (χ0v) is 9.34. The molecule has 0 radical (unpaired) electrons.